The third-order valence-corrected chi connectivity index (χ3v) is 14.5. The molecule has 2 aliphatic heterocycles. The summed E-state index contributed by atoms with van der Waals surface area (Å²) in [5, 5.41) is 18.3. The van der Waals surface area contributed by atoms with Crippen LogP contribution in [0.3, 0.4) is 0 Å². The van der Waals surface area contributed by atoms with Gasteiger partial charge in [0.2, 0.25) is 0 Å². The Labute approximate surface area is 305 Å². The maximum Gasteiger partial charge on any atom is 0.346 e. The molecule has 0 radical (unpaired) electrons. The van der Waals surface area contributed by atoms with Crippen molar-refractivity contribution in [1.82, 2.24) is 0 Å². The Kier molecular flexibility index (Phi) is 14.4. The van der Waals surface area contributed by atoms with Crippen LogP contribution in [0.4, 0.5) is 0 Å². The van der Waals surface area contributed by atoms with E-state index >= 15 is 0 Å². The van der Waals surface area contributed by atoms with Crippen LogP contribution < -0.4 is 9.47 Å². The van der Waals surface area contributed by atoms with Crippen LogP contribution in [0.15, 0.2) is 66.8 Å². The van der Waals surface area contributed by atoms with Crippen molar-refractivity contribution in [2.24, 2.45) is 0 Å². The molecule has 5 rings (SSSR count). The third-order valence-electron chi connectivity index (χ3n) is 7.71. The van der Waals surface area contributed by atoms with Crippen LogP contribution in [0.2, 0.25) is 0 Å². The van der Waals surface area contributed by atoms with Crippen molar-refractivity contribution in [3.8, 4) is 38.4 Å². The lowest BCUT2D eigenvalue weighted by atomic mass is 10.1. The highest BCUT2D eigenvalue weighted by molar-refractivity contribution is 8.40. The molecule has 5 nitrogen and oxygen atoms in total. The standard InChI is InChI=1S/C38H41NO4S5/c1-3-5-7-9-21-44-37-38(45-22-10-8-6-4-2)47-31(46-37)24-27-13-17-29(18-14-27)35-33-32(42-19-20-43-33)34(48-35)28-15-11-26(12-16-28)23-30(25-39)36(40)41/h11-18,23-24H,3-10,19-22H2,1-2H3,(H,40,41)/b30-23-. The number of ether oxygens (including phenoxy) is 2. The zero-order chi connectivity index (χ0) is 33.7. The van der Waals surface area contributed by atoms with E-state index in [4.69, 9.17) is 14.7 Å². The number of benzene rings is 2. The number of thiophene rings is 1. The molecule has 48 heavy (non-hydrogen) atoms. The summed E-state index contributed by atoms with van der Waals surface area (Å²) in [6.07, 6.45) is 14.1. The number of aliphatic carboxylic acids is 1. The van der Waals surface area contributed by atoms with E-state index in [-0.39, 0.29) is 5.57 Å². The molecule has 2 aliphatic rings. The average Bonchev–Trinajstić information content (AvgIpc) is 3.68. The average molecular weight is 736 g/mol. The molecule has 0 fully saturated rings. The quantitative estimate of drug-likeness (QED) is 0.0828. The van der Waals surface area contributed by atoms with Crippen LogP contribution in [0.1, 0.15) is 76.3 Å². The number of nitrogens with zero attached hydrogens (tertiary/aromatic N) is 1. The summed E-state index contributed by atoms with van der Waals surface area (Å²) >= 11 is 9.58. The van der Waals surface area contributed by atoms with Gasteiger partial charge in [-0.2, -0.15) is 5.26 Å². The molecule has 252 valence electrons. The van der Waals surface area contributed by atoms with Gasteiger partial charge in [-0.15, -0.1) is 34.9 Å². The van der Waals surface area contributed by atoms with Crippen LogP contribution in [-0.4, -0.2) is 35.8 Å². The predicted molar refractivity (Wildman–Crippen MR) is 211 cm³/mol. The first kappa shape index (κ1) is 36.6. The molecule has 1 aromatic heterocycles. The molecule has 0 atom stereocenters. The smallest absolute Gasteiger partial charge is 0.346 e. The largest absolute Gasteiger partial charge is 0.485 e. The van der Waals surface area contributed by atoms with Crippen molar-refractivity contribution >= 4 is 76.5 Å². The van der Waals surface area contributed by atoms with Crippen molar-refractivity contribution in [3.05, 3.63) is 77.9 Å². The van der Waals surface area contributed by atoms with Gasteiger partial charge >= 0.3 is 5.97 Å². The molecular weight excluding hydrogens is 695 g/mol. The summed E-state index contributed by atoms with van der Waals surface area (Å²) in [5.41, 5.74) is 3.55. The normalized spacial score (nSPS) is 14.4. The van der Waals surface area contributed by atoms with Crippen molar-refractivity contribution in [2.45, 2.75) is 65.2 Å². The summed E-state index contributed by atoms with van der Waals surface area (Å²) in [5.74, 6) is 2.65. The second kappa shape index (κ2) is 18.9. The fourth-order valence-electron chi connectivity index (χ4n) is 5.15. The minimum absolute atomic E-state index is 0.301. The molecule has 2 aromatic carbocycles. The Balaban J connectivity index is 1.31. The number of fused-ring (bicyclic) bond motifs is 1. The van der Waals surface area contributed by atoms with E-state index in [1.807, 2.05) is 71.3 Å². The lowest BCUT2D eigenvalue weighted by molar-refractivity contribution is -0.132. The van der Waals surface area contributed by atoms with Gasteiger partial charge in [-0.1, -0.05) is 124 Å². The first-order valence-corrected chi connectivity index (χ1v) is 21.0. The van der Waals surface area contributed by atoms with Gasteiger partial charge in [0, 0.05) is 0 Å². The molecule has 0 saturated heterocycles. The molecule has 0 saturated carbocycles. The van der Waals surface area contributed by atoms with Gasteiger partial charge in [-0.3, -0.25) is 0 Å². The summed E-state index contributed by atoms with van der Waals surface area (Å²) in [7, 11) is 0. The van der Waals surface area contributed by atoms with Gasteiger partial charge in [0.25, 0.3) is 0 Å². The van der Waals surface area contributed by atoms with E-state index in [0.29, 0.717) is 18.8 Å². The van der Waals surface area contributed by atoms with E-state index in [1.54, 1.807) is 17.4 Å². The molecule has 0 spiro atoms. The van der Waals surface area contributed by atoms with Gasteiger partial charge < -0.3 is 14.6 Å². The summed E-state index contributed by atoms with van der Waals surface area (Å²) < 4.78 is 16.5. The minimum atomic E-state index is -1.24. The van der Waals surface area contributed by atoms with Crippen molar-refractivity contribution in [1.29, 1.82) is 5.26 Å². The fraction of sp³-hybridized carbons (Fsp3) is 0.368. The van der Waals surface area contributed by atoms with Crippen molar-refractivity contribution < 1.29 is 19.4 Å². The molecule has 3 heterocycles. The van der Waals surface area contributed by atoms with E-state index in [9.17, 15) is 9.90 Å². The van der Waals surface area contributed by atoms with E-state index in [0.717, 1.165) is 32.4 Å². The molecule has 3 aromatic rings. The monoisotopic (exact) mass is 735 g/mol. The highest BCUT2D eigenvalue weighted by Gasteiger charge is 2.26. The Morgan fingerprint density at radius 1 is 0.792 bits per heavy atom. The highest BCUT2D eigenvalue weighted by Crippen LogP contribution is 2.58. The number of hydrogen-bond acceptors (Lipinski definition) is 9. The predicted octanol–water partition coefficient (Wildman–Crippen LogP) is 12.4. The zero-order valence-corrected chi connectivity index (χ0v) is 31.5. The van der Waals surface area contributed by atoms with Gasteiger partial charge in [0.05, 0.1) is 22.5 Å². The number of unbranched alkanes of at least 4 members (excludes halogenated alkanes) is 6. The Hall–Kier alpha value is -2.68. The first-order valence-electron chi connectivity index (χ1n) is 16.6. The van der Waals surface area contributed by atoms with E-state index < -0.39 is 5.97 Å². The fourth-order valence-corrected chi connectivity index (χ4v) is 12.3. The summed E-state index contributed by atoms with van der Waals surface area (Å²) in [6, 6.07) is 17.9. The van der Waals surface area contributed by atoms with Crippen molar-refractivity contribution in [3.63, 3.8) is 0 Å². The lowest BCUT2D eigenvalue weighted by Gasteiger charge is -2.17. The van der Waals surface area contributed by atoms with Gasteiger partial charge in [0.1, 0.15) is 24.9 Å². The molecule has 1 N–H and O–H groups in total. The number of carboxylic acid groups (broad SMARTS) is 1. The van der Waals surface area contributed by atoms with E-state index in [2.05, 4.69) is 44.2 Å². The SMILES string of the molecule is CCCCCCSC1=C(SCCCCCC)SC(=Cc2ccc(-c3sc(-c4ccc(/C=C(/C#N)C(=O)O)cc4)c4c3OCCO4)cc2)S1. The van der Waals surface area contributed by atoms with Crippen LogP contribution >= 0.6 is 58.4 Å². The first-order chi connectivity index (χ1) is 23.5. The summed E-state index contributed by atoms with van der Waals surface area (Å²) in [4.78, 5) is 13.2. The second-order valence-corrected chi connectivity index (χ2v) is 17.5. The molecule has 0 amide bonds. The molecule has 0 aliphatic carbocycles. The minimum Gasteiger partial charge on any atom is -0.485 e. The Morgan fingerprint density at radius 2 is 1.29 bits per heavy atom. The third kappa shape index (κ3) is 9.95. The maximum atomic E-state index is 11.2. The highest BCUT2D eigenvalue weighted by atomic mass is 32.3. The maximum absolute atomic E-state index is 11.2. The van der Waals surface area contributed by atoms with Crippen molar-refractivity contribution in [2.75, 3.05) is 24.7 Å². The van der Waals surface area contributed by atoms with Gasteiger partial charge in [-0.25, -0.2) is 4.79 Å². The number of nitriles is 1. The Morgan fingerprint density at radius 3 is 1.75 bits per heavy atom. The van der Waals surface area contributed by atoms with Crippen LogP contribution in [0.5, 0.6) is 11.5 Å². The van der Waals surface area contributed by atoms with Crippen LogP contribution in [0, 0.1) is 11.3 Å². The molecule has 0 unspecified atom stereocenters. The topological polar surface area (TPSA) is 79.6 Å². The van der Waals surface area contributed by atoms with Gasteiger partial charge in [0.15, 0.2) is 11.5 Å². The summed E-state index contributed by atoms with van der Waals surface area (Å²) in [6.45, 7) is 5.51. The number of carbonyl (C=O) groups is 1. The van der Waals surface area contributed by atoms with Crippen LogP contribution in [-0.2, 0) is 4.79 Å². The van der Waals surface area contributed by atoms with Gasteiger partial charge in [-0.05, 0) is 58.8 Å². The lowest BCUT2D eigenvalue weighted by Crippen LogP contribution is -2.14. The zero-order valence-electron chi connectivity index (χ0n) is 27.4. The Bertz CT molecular complexity index is 1660. The number of hydrogen-bond donors (Lipinski definition) is 1. The van der Waals surface area contributed by atoms with Crippen LogP contribution in [0.25, 0.3) is 33.0 Å². The molecule has 0 bridgehead atoms. The number of carboxylic acids is 1. The molecule has 10 heteroatoms. The second-order valence-electron chi connectivity index (χ2n) is 11.4. The van der Waals surface area contributed by atoms with E-state index in [1.165, 1.54) is 87.2 Å². The number of rotatable bonds is 17. The number of thioether (sulfide) groups is 4. The molecular formula is C38H41NO4S5.